The molecule has 0 bridgehead atoms. The molecule has 0 saturated heterocycles. The fourth-order valence-electron chi connectivity index (χ4n) is 2.41. The van der Waals surface area contributed by atoms with Gasteiger partial charge in [-0.3, -0.25) is 9.59 Å². The molecule has 7 nitrogen and oxygen atoms in total. The first-order valence-electron chi connectivity index (χ1n) is 8.32. The van der Waals surface area contributed by atoms with E-state index in [1.807, 2.05) is 6.07 Å². The SMILES string of the molecule is O=C(Nc1ccc(NC(=O)c2csc(-c3ccco3)n2)cn1)c1ccccc1. The minimum atomic E-state index is -0.350. The van der Waals surface area contributed by atoms with E-state index >= 15 is 0 Å². The van der Waals surface area contributed by atoms with Gasteiger partial charge in [-0.05, 0) is 36.4 Å². The summed E-state index contributed by atoms with van der Waals surface area (Å²) in [6.07, 6.45) is 3.03. The van der Waals surface area contributed by atoms with E-state index in [1.54, 1.807) is 60.2 Å². The fourth-order valence-corrected chi connectivity index (χ4v) is 3.17. The van der Waals surface area contributed by atoms with Gasteiger partial charge in [0.1, 0.15) is 11.5 Å². The maximum Gasteiger partial charge on any atom is 0.275 e. The highest BCUT2D eigenvalue weighted by Gasteiger charge is 2.14. The third-order valence-electron chi connectivity index (χ3n) is 3.77. The van der Waals surface area contributed by atoms with Crippen LogP contribution in [0.4, 0.5) is 11.5 Å². The van der Waals surface area contributed by atoms with Gasteiger partial charge in [-0.25, -0.2) is 9.97 Å². The molecule has 0 radical (unpaired) electrons. The topological polar surface area (TPSA) is 97.1 Å². The molecule has 4 aromatic rings. The first-order chi connectivity index (χ1) is 13.7. The molecular formula is C20H14N4O3S. The molecule has 0 fully saturated rings. The van der Waals surface area contributed by atoms with E-state index in [2.05, 4.69) is 20.6 Å². The Morgan fingerprint density at radius 2 is 1.79 bits per heavy atom. The van der Waals surface area contributed by atoms with Crippen LogP contribution < -0.4 is 10.6 Å². The highest BCUT2D eigenvalue weighted by atomic mass is 32.1. The summed E-state index contributed by atoms with van der Waals surface area (Å²) in [5, 5.41) is 7.73. The zero-order chi connectivity index (χ0) is 19.3. The number of rotatable bonds is 5. The molecule has 2 amide bonds. The van der Waals surface area contributed by atoms with E-state index in [4.69, 9.17) is 4.42 Å². The number of anilines is 2. The van der Waals surface area contributed by atoms with Gasteiger partial charge in [-0.15, -0.1) is 11.3 Å². The van der Waals surface area contributed by atoms with Crippen LogP contribution in [0, 0.1) is 0 Å². The van der Waals surface area contributed by atoms with Crippen molar-refractivity contribution in [1.82, 2.24) is 9.97 Å². The molecule has 8 heteroatoms. The molecule has 0 atom stereocenters. The van der Waals surface area contributed by atoms with Crippen LogP contribution in [-0.2, 0) is 0 Å². The number of furan rings is 1. The third kappa shape index (κ3) is 3.97. The Balaban J connectivity index is 1.39. The predicted octanol–water partition coefficient (Wildman–Crippen LogP) is 4.30. The lowest BCUT2D eigenvalue weighted by Gasteiger charge is -2.06. The standard InChI is InChI=1S/C20H14N4O3S/c25-18(13-5-2-1-3-6-13)24-17-9-8-14(11-21-17)22-19(26)15-12-28-20(23-15)16-7-4-10-27-16/h1-12H,(H,22,26)(H,21,24,25). The van der Waals surface area contributed by atoms with E-state index < -0.39 is 0 Å². The summed E-state index contributed by atoms with van der Waals surface area (Å²) < 4.78 is 5.28. The van der Waals surface area contributed by atoms with Crippen molar-refractivity contribution in [3.8, 4) is 10.8 Å². The average molecular weight is 390 g/mol. The number of amides is 2. The fraction of sp³-hybridized carbons (Fsp3) is 0. The van der Waals surface area contributed by atoms with Crippen molar-refractivity contribution in [3.63, 3.8) is 0 Å². The van der Waals surface area contributed by atoms with Crippen molar-refractivity contribution >= 4 is 34.7 Å². The van der Waals surface area contributed by atoms with Gasteiger partial charge in [-0.2, -0.15) is 0 Å². The Hall–Kier alpha value is -3.78. The lowest BCUT2D eigenvalue weighted by atomic mass is 10.2. The van der Waals surface area contributed by atoms with Gasteiger partial charge in [0.25, 0.3) is 11.8 Å². The van der Waals surface area contributed by atoms with Crippen molar-refractivity contribution in [1.29, 1.82) is 0 Å². The smallest absolute Gasteiger partial charge is 0.275 e. The Labute approximate surface area is 164 Å². The molecule has 3 aromatic heterocycles. The van der Waals surface area contributed by atoms with Crippen LogP contribution >= 0.6 is 11.3 Å². The molecule has 28 heavy (non-hydrogen) atoms. The van der Waals surface area contributed by atoms with E-state index in [0.29, 0.717) is 27.8 Å². The molecular weight excluding hydrogens is 376 g/mol. The Morgan fingerprint density at radius 3 is 2.50 bits per heavy atom. The summed E-state index contributed by atoms with van der Waals surface area (Å²) in [5.74, 6) is 0.402. The molecule has 138 valence electrons. The number of hydrogen-bond donors (Lipinski definition) is 2. The number of nitrogens with one attached hydrogen (secondary N) is 2. The zero-order valence-electron chi connectivity index (χ0n) is 14.5. The van der Waals surface area contributed by atoms with Crippen LogP contribution in [0.1, 0.15) is 20.8 Å². The first kappa shape index (κ1) is 17.6. The molecule has 2 N–H and O–H groups in total. The van der Waals surface area contributed by atoms with Crippen LogP contribution in [0.25, 0.3) is 10.8 Å². The number of thiazole rings is 1. The average Bonchev–Trinajstić information content (AvgIpc) is 3.42. The van der Waals surface area contributed by atoms with E-state index in [0.717, 1.165) is 0 Å². The van der Waals surface area contributed by atoms with E-state index in [9.17, 15) is 9.59 Å². The molecule has 0 aliphatic carbocycles. The summed E-state index contributed by atoms with van der Waals surface area (Å²) in [6, 6.07) is 15.7. The highest BCUT2D eigenvalue weighted by molar-refractivity contribution is 7.13. The molecule has 0 unspecified atom stereocenters. The summed E-state index contributed by atoms with van der Waals surface area (Å²) in [7, 11) is 0. The quantitative estimate of drug-likeness (QED) is 0.529. The van der Waals surface area contributed by atoms with Gasteiger partial charge in [0.05, 0.1) is 18.1 Å². The Bertz CT molecular complexity index is 1090. The van der Waals surface area contributed by atoms with Crippen LogP contribution in [-0.4, -0.2) is 21.8 Å². The van der Waals surface area contributed by atoms with Crippen molar-refractivity contribution in [3.05, 3.63) is 83.7 Å². The monoisotopic (exact) mass is 390 g/mol. The predicted molar refractivity (Wildman–Crippen MR) is 106 cm³/mol. The maximum absolute atomic E-state index is 12.3. The number of carbonyl (C=O) groups excluding carboxylic acids is 2. The molecule has 0 spiro atoms. The van der Waals surface area contributed by atoms with Gasteiger partial charge in [-0.1, -0.05) is 18.2 Å². The second-order valence-corrected chi connectivity index (χ2v) is 6.58. The molecule has 4 rings (SSSR count). The van der Waals surface area contributed by atoms with Crippen LogP contribution in [0.2, 0.25) is 0 Å². The number of nitrogens with zero attached hydrogens (tertiary/aromatic N) is 2. The summed E-state index contributed by atoms with van der Waals surface area (Å²) >= 11 is 1.32. The number of aromatic nitrogens is 2. The van der Waals surface area contributed by atoms with Crippen molar-refractivity contribution in [2.45, 2.75) is 0 Å². The van der Waals surface area contributed by atoms with Crippen LogP contribution in [0.5, 0.6) is 0 Å². The number of pyridine rings is 1. The lowest BCUT2D eigenvalue weighted by Crippen LogP contribution is -2.14. The highest BCUT2D eigenvalue weighted by Crippen LogP contribution is 2.24. The molecule has 0 saturated carbocycles. The van der Waals surface area contributed by atoms with Crippen molar-refractivity contribution < 1.29 is 14.0 Å². The molecule has 3 heterocycles. The number of benzene rings is 1. The van der Waals surface area contributed by atoms with Gasteiger partial charge < -0.3 is 15.1 Å². The largest absolute Gasteiger partial charge is 0.462 e. The van der Waals surface area contributed by atoms with Gasteiger partial charge in [0, 0.05) is 10.9 Å². The number of hydrogen-bond acceptors (Lipinski definition) is 6. The number of carbonyl (C=O) groups is 2. The minimum Gasteiger partial charge on any atom is -0.462 e. The van der Waals surface area contributed by atoms with E-state index in [-0.39, 0.29) is 17.5 Å². The molecule has 0 aliphatic heterocycles. The second-order valence-electron chi connectivity index (χ2n) is 5.72. The Morgan fingerprint density at radius 1 is 0.929 bits per heavy atom. The van der Waals surface area contributed by atoms with Gasteiger partial charge in [0.15, 0.2) is 10.8 Å². The lowest BCUT2D eigenvalue weighted by molar-refractivity contribution is 0.101. The summed E-state index contributed by atoms with van der Waals surface area (Å²) in [5.41, 5.74) is 1.32. The Kier molecular flexibility index (Phi) is 4.94. The van der Waals surface area contributed by atoms with Gasteiger partial charge in [0.2, 0.25) is 0 Å². The normalized spacial score (nSPS) is 10.4. The zero-order valence-corrected chi connectivity index (χ0v) is 15.3. The van der Waals surface area contributed by atoms with E-state index in [1.165, 1.54) is 17.5 Å². The van der Waals surface area contributed by atoms with Crippen LogP contribution in [0.3, 0.4) is 0 Å². The third-order valence-corrected chi connectivity index (χ3v) is 4.62. The summed E-state index contributed by atoms with van der Waals surface area (Å²) in [4.78, 5) is 32.9. The second kappa shape index (κ2) is 7.85. The maximum atomic E-state index is 12.3. The van der Waals surface area contributed by atoms with Crippen molar-refractivity contribution in [2.24, 2.45) is 0 Å². The van der Waals surface area contributed by atoms with Crippen molar-refractivity contribution in [2.75, 3.05) is 10.6 Å². The molecule has 1 aromatic carbocycles. The summed E-state index contributed by atoms with van der Waals surface area (Å²) in [6.45, 7) is 0. The van der Waals surface area contributed by atoms with Crippen LogP contribution in [0.15, 0.2) is 76.9 Å². The minimum absolute atomic E-state index is 0.252. The molecule has 0 aliphatic rings. The van der Waals surface area contributed by atoms with Gasteiger partial charge >= 0.3 is 0 Å². The first-order valence-corrected chi connectivity index (χ1v) is 9.20.